The van der Waals surface area contributed by atoms with Gasteiger partial charge < -0.3 is 4.90 Å². The highest BCUT2D eigenvalue weighted by molar-refractivity contribution is 7.20. The molecule has 2 aromatic heterocycles. The lowest BCUT2D eigenvalue weighted by molar-refractivity contribution is 0.0767. The van der Waals surface area contributed by atoms with E-state index in [1.165, 1.54) is 17.4 Å². The number of unbranched alkanes of at least 4 members (excludes halogenated alkanes) is 1. The highest BCUT2D eigenvalue weighted by Crippen LogP contribution is 2.35. The number of benzene rings is 1. The summed E-state index contributed by atoms with van der Waals surface area (Å²) in [5.41, 5.74) is 1.05. The molecule has 25 heavy (non-hydrogen) atoms. The molecular weight excluding hydrogens is 337 g/mol. The molecule has 0 N–H and O–H groups in total. The lowest BCUT2D eigenvalue weighted by atomic mass is 10.1. The molecule has 1 aromatic carbocycles. The van der Waals surface area contributed by atoms with Crippen molar-refractivity contribution in [3.05, 3.63) is 41.0 Å². The van der Waals surface area contributed by atoms with Crippen LogP contribution < -0.4 is 0 Å². The van der Waals surface area contributed by atoms with Crippen molar-refractivity contribution in [3.63, 3.8) is 0 Å². The maximum absolute atomic E-state index is 14.2. The minimum atomic E-state index is -0.306. The SMILES string of the molecule is CCCCN(CC)C(=O)c1cc2c(-c3ccccc3F)nn(C)c2s1. The number of hydrogen-bond donors (Lipinski definition) is 0. The normalized spacial score (nSPS) is 11.2. The topological polar surface area (TPSA) is 38.1 Å². The van der Waals surface area contributed by atoms with Crippen molar-refractivity contribution in [2.75, 3.05) is 13.1 Å². The summed E-state index contributed by atoms with van der Waals surface area (Å²) in [6.07, 6.45) is 2.05. The Morgan fingerprint density at radius 2 is 2.08 bits per heavy atom. The minimum Gasteiger partial charge on any atom is -0.338 e. The highest BCUT2D eigenvalue weighted by atomic mass is 32.1. The van der Waals surface area contributed by atoms with Crippen LogP contribution in [-0.4, -0.2) is 33.7 Å². The van der Waals surface area contributed by atoms with E-state index in [-0.39, 0.29) is 11.7 Å². The zero-order valence-corrected chi connectivity index (χ0v) is 15.6. The third kappa shape index (κ3) is 3.31. The Kier molecular flexibility index (Phi) is 5.18. The number of aromatic nitrogens is 2. The fourth-order valence-corrected chi connectivity index (χ4v) is 3.95. The molecule has 0 bridgehead atoms. The smallest absolute Gasteiger partial charge is 0.264 e. The van der Waals surface area contributed by atoms with Gasteiger partial charge in [-0.25, -0.2) is 4.39 Å². The second-order valence-electron chi connectivity index (χ2n) is 6.02. The molecule has 0 spiro atoms. The van der Waals surface area contributed by atoms with Crippen LogP contribution in [-0.2, 0) is 7.05 Å². The third-order valence-electron chi connectivity index (χ3n) is 4.30. The molecule has 0 saturated heterocycles. The largest absolute Gasteiger partial charge is 0.338 e. The number of amides is 1. The zero-order valence-electron chi connectivity index (χ0n) is 14.8. The Bertz CT molecular complexity index is 899. The van der Waals surface area contributed by atoms with Crippen molar-refractivity contribution in [2.45, 2.75) is 26.7 Å². The van der Waals surface area contributed by atoms with E-state index >= 15 is 0 Å². The maximum atomic E-state index is 14.2. The van der Waals surface area contributed by atoms with Crippen LogP contribution in [0, 0.1) is 5.82 Å². The summed E-state index contributed by atoms with van der Waals surface area (Å²) in [6.45, 7) is 5.56. The van der Waals surface area contributed by atoms with Gasteiger partial charge >= 0.3 is 0 Å². The molecule has 4 nitrogen and oxygen atoms in total. The lowest BCUT2D eigenvalue weighted by Gasteiger charge is -2.19. The van der Waals surface area contributed by atoms with Crippen LogP contribution in [0.25, 0.3) is 21.5 Å². The fraction of sp³-hybridized carbons (Fsp3) is 0.368. The predicted molar refractivity (Wildman–Crippen MR) is 100 cm³/mol. The molecular formula is C19H22FN3OS. The first-order valence-corrected chi connectivity index (χ1v) is 9.39. The first kappa shape index (κ1) is 17.6. The van der Waals surface area contributed by atoms with Crippen LogP contribution in [0.15, 0.2) is 30.3 Å². The van der Waals surface area contributed by atoms with Gasteiger partial charge in [-0.05, 0) is 31.5 Å². The predicted octanol–water partition coefficient (Wildman–Crippen LogP) is 4.70. The van der Waals surface area contributed by atoms with Gasteiger partial charge in [0.15, 0.2) is 0 Å². The van der Waals surface area contributed by atoms with Crippen molar-refractivity contribution >= 4 is 27.5 Å². The van der Waals surface area contributed by atoms with Crippen LogP contribution >= 0.6 is 11.3 Å². The fourth-order valence-electron chi connectivity index (χ4n) is 2.91. The molecule has 3 aromatic rings. The van der Waals surface area contributed by atoms with Gasteiger partial charge in [-0.2, -0.15) is 5.10 Å². The van der Waals surface area contributed by atoms with Crippen molar-refractivity contribution in [1.29, 1.82) is 0 Å². The van der Waals surface area contributed by atoms with Gasteiger partial charge in [-0.3, -0.25) is 9.48 Å². The standard InChI is InChI=1S/C19H22FN3OS/c1-4-6-11-23(5-2)18(24)16-12-14-17(21-22(3)19(14)25-16)13-9-7-8-10-15(13)20/h7-10,12H,4-6,11H2,1-3H3. The van der Waals surface area contributed by atoms with Crippen LogP contribution in [0.5, 0.6) is 0 Å². The molecule has 3 rings (SSSR count). The Balaban J connectivity index is 2.02. The van der Waals surface area contributed by atoms with Gasteiger partial charge in [-0.15, -0.1) is 11.3 Å². The van der Waals surface area contributed by atoms with E-state index in [2.05, 4.69) is 12.0 Å². The maximum Gasteiger partial charge on any atom is 0.264 e. The van der Waals surface area contributed by atoms with E-state index in [0.717, 1.165) is 29.6 Å². The number of hydrogen-bond acceptors (Lipinski definition) is 3. The van der Waals surface area contributed by atoms with Crippen LogP contribution in [0.2, 0.25) is 0 Å². The second kappa shape index (κ2) is 7.35. The first-order chi connectivity index (χ1) is 12.1. The van der Waals surface area contributed by atoms with Crippen LogP contribution in [0.4, 0.5) is 4.39 Å². The van der Waals surface area contributed by atoms with E-state index in [1.807, 2.05) is 24.9 Å². The van der Waals surface area contributed by atoms with Crippen molar-refractivity contribution in [1.82, 2.24) is 14.7 Å². The number of rotatable bonds is 6. The van der Waals surface area contributed by atoms with Gasteiger partial charge in [0.2, 0.25) is 0 Å². The van der Waals surface area contributed by atoms with Gasteiger partial charge in [0.05, 0.1) is 4.88 Å². The molecule has 6 heteroatoms. The van der Waals surface area contributed by atoms with Gasteiger partial charge in [0.25, 0.3) is 5.91 Å². The number of thiophene rings is 1. The average Bonchev–Trinajstić information content (AvgIpc) is 3.17. The highest BCUT2D eigenvalue weighted by Gasteiger charge is 2.21. The summed E-state index contributed by atoms with van der Waals surface area (Å²) in [6, 6.07) is 8.45. The summed E-state index contributed by atoms with van der Waals surface area (Å²) in [4.78, 5) is 16.2. The molecule has 1 amide bonds. The molecule has 2 heterocycles. The molecule has 0 unspecified atom stereocenters. The Morgan fingerprint density at radius 1 is 1.32 bits per heavy atom. The summed E-state index contributed by atoms with van der Waals surface area (Å²) < 4.78 is 15.9. The molecule has 0 fully saturated rings. The van der Waals surface area contributed by atoms with Gasteiger partial charge in [0, 0.05) is 31.1 Å². The summed E-state index contributed by atoms with van der Waals surface area (Å²) in [5, 5.41) is 5.28. The summed E-state index contributed by atoms with van der Waals surface area (Å²) in [5.74, 6) is -0.267. The number of carbonyl (C=O) groups excluding carboxylic acids is 1. The third-order valence-corrected chi connectivity index (χ3v) is 5.49. The summed E-state index contributed by atoms with van der Waals surface area (Å²) >= 11 is 1.42. The molecule has 0 atom stereocenters. The first-order valence-electron chi connectivity index (χ1n) is 8.57. The molecule has 0 saturated carbocycles. The minimum absolute atomic E-state index is 0.0385. The average molecular weight is 359 g/mol. The molecule has 0 aliphatic carbocycles. The molecule has 0 aliphatic heterocycles. The van der Waals surface area contributed by atoms with Crippen LogP contribution in [0.3, 0.4) is 0 Å². The van der Waals surface area contributed by atoms with Gasteiger partial charge in [0.1, 0.15) is 16.3 Å². The van der Waals surface area contributed by atoms with E-state index in [0.29, 0.717) is 22.7 Å². The quantitative estimate of drug-likeness (QED) is 0.640. The van der Waals surface area contributed by atoms with Gasteiger partial charge in [-0.1, -0.05) is 25.5 Å². The summed E-state index contributed by atoms with van der Waals surface area (Å²) in [7, 11) is 1.83. The number of fused-ring (bicyclic) bond motifs is 1. The van der Waals surface area contributed by atoms with E-state index in [9.17, 15) is 9.18 Å². The number of nitrogens with zero attached hydrogens (tertiary/aromatic N) is 3. The van der Waals surface area contributed by atoms with E-state index < -0.39 is 0 Å². The Labute approximate surface area is 150 Å². The number of halogens is 1. The lowest BCUT2D eigenvalue weighted by Crippen LogP contribution is -2.31. The number of aryl methyl sites for hydroxylation is 1. The zero-order chi connectivity index (χ0) is 18.0. The monoisotopic (exact) mass is 359 g/mol. The van der Waals surface area contributed by atoms with Crippen molar-refractivity contribution in [2.24, 2.45) is 7.05 Å². The second-order valence-corrected chi connectivity index (χ2v) is 7.05. The Morgan fingerprint density at radius 3 is 2.76 bits per heavy atom. The van der Waals surface area contributed by atoms with E-state index in [4.69, 9.17) is 0 Å². The molecule has 0 radical (unpaired) electrons. The van der Waals surface area contributed by atoms with Crippen molar-refractivity contribution in [3.8, 4) is 11.3 Å². The molecule has 132 valence electrons. The number of carbonyl (C=O) groups is 1. The van der Waals surface area contributed by atoms with E-state index in [1.54, 1.807) is 22.9 Å². The van der Waals surface area contributed by atoms with Crippen LogP contribution in [0.1, 0.15) is 36.4 Å². The van der Waals surface area contributed by atoms with Crippen molar-refractivity contribution < 1.29 is 9.18 Å². The molecule has 0 aliphatic rings. The Hall–Kier alpha value is -2.21.